The molecule has 1 atom stereocenters. The summed E-state index contributed by atoms with van der Waals surface area (Å²) in [7, 11) is 0. The maximum Gasteiger partial charge on any atom is 0.416 e. The summed E-state index contributed by atoms with van der Waals surface area (Å²) >= 11 is 0. The third kappa shape index (κ3) is 3.39. The average Bonchev–Trinajstić information content (AvgIpc) is 2.81. The van der Waals surface area contributed by atoms with E-state index in [4.69, 9.17) is 0 Å². The first-order chi connectivity index (χ1) is 9.38. The molecule has 3 nitrogen and oxygen atoms in total. The molecule has 2 N–H and O–H groups in total. The summed E-state index contributed by atoms with van der Waals surface area (Å²) in [6, 6.07) is 5.21. The summed E-state index contributed by atoms with van der Waals surface area (Å²) < 4.78 is 38.0. The number of rotatable bonds is 4. The fourth-order valence-electron chi connectivity index (χ4n) is 1.92. The number of alkyl halides is 3. The van der Waals surface area contributed by atoms with Gasteiger partial charge in [-0.15, -0.1) is 0 Å². The number of nitrogens with zero attached hydrogens (tertiary/aromatic N) is 1. The fraction of sp³-hybridized carbons (Fsp3) is 0.357. The molecule has 0 spiro atoms. The summed E-state index contributed by atoms with van der Waals surface area (Å²) in [5.74, 6) is 0. The molecule has 0 bridgehead atoms. The van der Waals surface area contributed by atoms with Gasteiger partial charge in [-0.25, -0.2) is 0 Å². The van der Waals surface area contributed by atoms with Crippen LogP contribution in [-0.2, 0) is 12.7 Å². The Labute approximate surface area is 115 Å². The molecule has 1 aromatic heterocycles. The highest BCUT2D eigenvalue weighted by atomic mass is 19.4. The number of nitrogens with one attached hydrogen (secondary N) is 2. The van der Waals surface area contributed by atoms with Crippen LogP contribution < -0.4 is 5.32 Å². The topological polar surface area (TPSA) is 40.7 Å². The van der Waals surface area contributed by atoms with Gasteiger partial charge in [-0.05, 0) is 31.5 Å². The lowest BCUT2D eigenvalue weighted by Gasteiger charge is -2.16. The zero-order chi connectivity index (χ0) is 14.8. The highest BCUT2D eigenvalue weighted by Gasteiger charge is 2.30. The Kier molecular flexibility index (Phi) is 4.13. The number of aromatic amines is 1. The van der Waals surface area contributed by atoms with E-state index in [0.717, 1.165) is 17.3 Å². The van der Waals surface area contributed by atoms with Crippen LogP contribution >= 0.6 is 0 Å². The van der Waals surface area contributed by atoms with E-state index in [1.54, 1.807) is 12.3 Å². The smallest absolute Gasteiger partial charge is 0.306 e. The van der Waals surface area contributed by atoms with E-state index >= 15 is 0 Å². The molecule has 20 heavy (non-hydrogen) atoms. The minimum Gasteiger partial charge on any atom is -0.306 e. The van der Waals surface area contributed by atoms with Gasteiger partial charge in [-0.1, -0.05) is 12.1 Å². The predicted octanol–water partition coefficient (Wildman–Crippen LogP) is 3.59. The van der Waals surface area contributed by atoms with Crippen LogP contribution in [0.25, 0.3) is 0 Å². The van der Waals surface area contributed by atoms with Crippen LogP contribution in [0.15, 0.2) is 30.5 Å². The van der Waals surface area contributed by atoms with Crippen LogP contribution in [0.5, 0.6) is 0 Å². The van der Waals surface area contributed by atoms with Gasteiger partial charge in [0, 0.05) is 23.8 Å². The summed E-state index contributed by atoms with van der Waals surface area (Å²) in [5, 5.41) is 9.92. The number of H-pyrrole nitrogens is 1. The fourth-order valence-corrected chi connectivity index (χ4v) is 1.92. The van der Waals surface area contributed by atoms with Crippen LogP contribution in [0.2, 0.25) is 0 Å². The Morgan fingerprint density at radius 3 is 2.70 bits per heavy atom. The molecule has 2 rings (SSSR count). The normalized spacial score (nSPS) is 13.4. The lowest BCUT2D eigenvalue weighted by atomic mass is 10.0. The lowest BCUT2D eigenvalue weighted by Crippen LogP contribution is -2.19. The molecule has 108 valence electrons. The molecule has 0 aliphatic heterocycles. The molecule has 0 aliphatic rings. The second-order valence-electron chi connectivity index (χ2n) is 4.75. The van der Waals surface area contributed by atoms with Crippen molar-refractivity contribution in [1.82, 2.24) is 15.5 Å². The third-order valence-corrected chi connectivity index (χ3v) is 3.25. The van der Waals surface area contributed by atoms with Crippen LogP contribution in [0, 0.1) is 6.92 Å². The molecule has 1 unspecified atom stereocenters. The highest BCUT2D eigenvalue weighted by molar-refractivity contribution is 5.28. The minimum atomic E-state index is -4.31. The molecule has 0 radical (unpaired) electrons. The molecule has 0 aliphatic carbocycles. The van der Waals surface area contributed by atoms with Gasteiger partial charge in [-0.3, -0.25) is 5.10 Å². The minimum absolute atomic E-state index is 0.174. The quantitative estimate of drug-likeness (QED) is 0.900. The Hall–Kier alpha value is -1.82. The van der Waals surface area contributed by atoms with Crippen LogP contribution in [-0.4, -0.2) is 10.2 Å². The van der Waals surface area contributed by atoms with E-state index in [2.05, 4.69) is 15.5 Å². The van der Waals surface area contributed by atoms with Crippen molar-refractivity contribution in [2.24, 2.45) is 0 Å². The SMILES string of the molecule is Cc1[nH]ncc1CNC(C)c1cccc(C(F)(F)F)c1. The first-order valence-electron chi connectivity index (χ1n) is 6.27. The molecule has 0 saturated heterocycles. The Morgan fingerprint density at radius 1 is 1.35 bits per heavy atom. The largest absolute Gasteiger partial charge is 0.416 e. The maximum absolute atomic E-state index is 12.7. The van der Waals surface area contributed by atoms with E-state index in [0.29, 0.717) is 12.1 Å². The van der Waals surface area contributed by atoms with E-state index < -0.39 is 11.7 Å². The van der Waals surface area contributed by atoms with Crippen LogP contribution in [0.1, 0.15) is 35.3 Å². The van der Waals surface area contributed by atoms with Crippen molar-refractivity contribution >= 4 is 0 Å². The second-order valence-corrected chi connectivity index (χ2v) is 4.75. The van der Waals surface area contributed by atoms with Gasteiger partial charge in [0.05, 0.1) is 11.8 Å². The van der Waals surface area contributed by atoms with Gasteiger partial charge in [0.2, 0.25) is 0 Å². The molecule has 1 aromatic carbocycles. The van der Waals surface area contributed by atoms with Crippen LogP contribution in [0.4, 0.5) is 13.2 Å². The average molecular weight is 283 g/mol. The number of aryl methyl sites for hydroxylation is 1. The molecule has 6 heteroatoms. The highest BCUT2D eigenvalue weighted by Crippen LogP contribution is 2.30. The Balaban J connectivity index is 2.06. The number of benzene rings is 1. The number of halogens is 3. The first-order valence-corrected chi connectivity index (χ1v) is 6.27. The molecule has 0 fully saturated rings. The van der Waals surface area contributed by atoms with E-state index in [1.807, 2.05) is 13.8 Å². The Bertz CT molecular complexity index is 575. The summed E-state index contributed by atoms with van der Waals surface area (Å²) in [6.07, 6.45) is -2.60. The van der Waals surface area contributed by atoms with Gasteiger partial charge in [0.15, 0.2) is 0 Å². The van der Waals surface area contributed by atoms with Crippen molar-refractivity contribution in [1.29, 1.82) is 0 Å². The molecule has 2 aromatic rings. The van der Waals surface area contributed by atoms with Gasteiger partial charge in [-0.2, -0.15) is 18.3 Å². The van der Waals surface area contributed by atoms with Crippen molar-refractivity contribution in [2.45, 2.75) is 32.6 Å². The van der Waals surface area contributed by atoms with E-state index in [-0.39, 0.29) is 6.04 Å². The van der Waals surface area contributed by atoms with Crippen LogP contribution in [0.3, 0.4) is 0 Å². The van der Waals surface area contributed by atoms with Crippen molar-refractivity contribution in [2.75, 3.05) is 0 Å². The zero-order valence-electron chi connectivity index (χ0n) is 11.3. The summed E-state index contributed by atoms with van der Waals surface area (Å²) in [5.41, 5.74) is 1.95. The number of hydrogen-bond donors (Lipinski definition) is 2. The monoisotopic (exact) mass is 283 g/mol. The van der Waals surface area contributed by atoms with Gasteiger partial charge in [0.25, 0.3) is 0 Å². The van der Waals surface area contributed by atoms with Crippen molar-refractivity contribution in [3.63, 3.8) is 0 Å². The number of aromatic nitrogens is 2. The third-order valence-electron chi connectivity index (χ3n) is 3.25. The Morgan fingerprint density at radius 2 is 2.10 bits per heavy atom. The van der Waals surface area contributed by atoms with Gasteiger partial charge in [0.1, 0.15) is 0 Å². The molecular formula is C14H16F3N3. The molecule has 1 heterocycles. The molecular weight excluding hydrogens is 267 g/mol. The summed E-state index contributed by atoms with van der Waals surface area (Å²) in [4.78, 5) is 0. The lowest BCUT2D eigenvalue weighted by molar-refractivity contribution is -0.137. The molecule has 0 amide bonds. The number of hydrogen-bond acceptors (Lipinski definition) is 2. The van der Waals surface area contributed by atoms with Crippen molar-refractivity contribution in [3.8, 4) is 0 Å². The van der Waals surface area contributed by atoms with Gasteiger partial charge < -0.3 is 5.32 Å². The first kappa shape index (κ1) is 14.6. The molecule has 0 saturated carbocycles. The zero-order valence-corrected chi connectivity index (χ0v) is 11.3. The predicted molar refractivity (Wildman–Crippen MR) is 70.0 cm³/mol. The van der Waals surface area contributed by atoms with Crippen molar-refractivity contribution in [3.05, 3.63) is 52.8 Å². The van der Waals surface area contributed by atoms with E-state index in [1.165, 1.54) is 12.1 Å². The standard InChI is InChI=1S/C14H16F3N3/c1-9(18-7-12-8-19-20-10(12)2)11-4-3-5-13(6-11)14(15,16)17/h3-6,8-9,18H,7H2,1-2H3,(H,19,20). The van der Waals surface area contributed by atoms with Gasteiger partial charge >= 0.3 is 6.18 Å². The van der Waals surface area contributed by atoms with E-state index in [9.17, 15) is 13.2 Å². The maximum atomic E-state index is 12.7. The summed E-state index contributed by atoms with van der Waals surface area (Å²) in [6.45, 7) is 4.30. The second kappa shape index (κ2) is 5.66. The van der Waals surface area contributed by atoms with Crippen molar-refractivity contribution < 1.29 is 13.2 Å².